The highest BCUT2D eigenvalue weighted by Gasteiger charge is 2.52. The van der Waals surface area contributed by atoms with Crippen molar-refractivity contribution in [3.8, 4) is 0 Å². The minimum absolute atomic E-state index is 0.260. The topological polar surface area (TPSA) is 57.2 Å². The maximum atomic E-state index is 13.1. The minimum Gasteiger partial charge on any atom is -0.632 e. The van der Waals surface area contributed by atoms with Crippen LogP contribution < -0.4 is 0 Å². The Morgan fingerprint density at radius 2 is 1.52 bits per heavy atom. The van der Waals surface area contributed by atoms with E-state index >= 15 is 0 Å². The van der Waals surface area contributed by atoms with E-state index in [1.165, 1.54) is 0 Å². The summed E-state index contributed by atoms with van der Waals surface area (Å²) in [7, 11) is -1.97. The van der Waals surface area contributed by atoms with Gasteiger partial charge in [-0.1, -0.05) is 48.5 Å². The maximum absolute atomic E-state index is 13.1. The molecule has 0 unspecified atom stereocenters. The Bertz CT molecular complexity index is 772. The number of quaternary nitrogens is 1. The monoisotopic (exact) mass is 331 g/mol. The molecule has 1 saturated heterocycles. The van der Waals surface area contributed by atoms with Gasteiger partial charge in [-0.05, 0) is 19.1 Å². The van der Waals surface area contributed by atoms with Gasteiger partial charge in [0.25, 0.3) is 0 Å². The Hall–Kier alpha value is -1.69. The summed E-state index contributed by atoms with van der Waals surface area (Å²) in [5.74, 6) is 0. The molecule has 1 aliphatic heterocycles. The lowest BCUT2D eigenvalue weighted by molar-refractivity contribution is -0.900. The zero-order valence-corrected chi connectivity index (χ0v) is 14.1. The second-order valence-corrected chi connectivity index (χ2v) is 8.56. The minimum atomic E-state index is -3.56. The summed E-state index contributed by atoms with van der Waals surface area (Å²) in [5, 5.41) is 12.4. The Morgan fingerprint density at radius 1 is 1.00 bits per heavy atom. The first-order chi connectivity index (χ1) is 10.8. The molecule has 23 heavy (non-hydrogen) atoms. The van der Waals surface area contributed by atoms with Crippen LogP contribution >= 0.6 is 0 Å². The van der Waals surface area contributed by atoms with E-state index in [0.29, 0.717) is 11.3 Å². The first kappa shape index (κ1) is 16.2. The van der Waals surface area contributed by atoms with Crippen molar-refractivity contribution in [3.63, 3.8) is 0 Å². The molecular formula is C18H21NO3S. The van der Waals surface area contributed by atoms with E-state index in [-0.39, 0.29) is 6.04 Å². The van der Waals surface area contributed by atoms with Crippen LogP contribution in [0.2, 0.25) is 0 Å². The van der Waals surface area contributed by atoms with E-state index in [1.807, 2.05) is 37.3 Å². The predicted octanol–water partition coefficient (Wildman–Crippen LogP) is 3.31. The third kappa shape index (κ3) is 2.69. The average molecular weight is 331 g/mol. The summed E-state index contributed by atoms with van der Waals surface area (Å²) in [6, 6.07) is 16.9. The van der Waals surface area contributed by atoms with E-state index < -0.39 is 25.8 Å². The van der Waals surface area contributed by atoms with E-state index in [0.717, 1.165) is 5.56 Å². The van der Waals surface area contributed by atoms with E-state index in [1.54, 1.807) is 37.4 Å². The molecule has 1 heterocycles. The highest BCUT2D eigenvalue weighted by atomic mass is 32.2. The summed E-state index contributed by atoms with van der Waals surface area (Å²) in [5.41, 5.74) is 0.791. The van der Waals surface area contributed by atoms with Gasteiger partial charge in [0, 0.05) is 12.0 Å². The largest absolute Gasteiger partial charge is 0.632 e. The Kier molecular flexibility index (Phi) is 4.04. The van der Waals surface area contributed by atoms with Crippen molar-refractivity contribution in [3.05, 3.63) is 71.4 Å². The van der Waals surface area contributed by atoms with Gasteiger partial charge in [0.15, 0.2) is 9.84 Å². The van der Waals surface area contributed by atoms with Crippen LogP contribution in [0.1, 0.15) is 24.9 Å². The van der Waals surface area contributed by atoms with Gasteiger partial charge < -0.3 is 9.85 Å². The zero-order valence-electron chi connectivity index (χ0n) is 13.3. The molecule has 1 aliphatic rings. The number of nitrogens with zero attached hydrogens (tertiary/aromatic N) is 1. The van der Waals surface area contributed by atoms with Gasteiger partial charge in [0.2, 0.25) is 0 Å². The number of likely N-dealkylation sites (tertiary alicyclic amines) is 1. The van der Waals surface area contributed by atoms with E-state index in [2.05, 4.69) is 0 Å². The van der Waals surface area contributed by atoms with Crippen LogP contribution in [0, 0.1) is 5.21 Å². The molecule has 2 aromatic rings. The molecule has 0 radical (unpaired) electrons. The molecule has 0 aromatic heterocycles. The maximum Gasteiger partial charge on any atom is 0.187 e. The molecule has 0 bridgehead atoms. The number of benzene rings is 2. The van der Waals surface area contributed by atoms with Crippen LogP contribution in [0.4, 0.5) is 0 Å². The standard InChI is InChI=1S/C18H21NO3S/c1-14-13-17(23(21,22)16-11-7-4-8-12-16)18(19(14,2)20)15-9-5-3-6-10-15/h3-12,14,17-18H,13H2,1-2H3/t14-,17-,18-,19-/m0/s1. The quantitative estimate of drug-likeness (QED) is 0.640. The molecule has 4 nitrogen and oxygen atoms in total. The smallest absolute Gasteiger partial charge is 0.187 e. The van der Waals surface area contributed by atoms with Crippen LogP contribution in [0.3, 0.4) is 0 Å². The van der Waals surface area contributed by atoms with Crippen molar-refractivity contribution in [2.24, 2.45) is 0 Å². The fraction of sp³-hybridized carbons (Fsp3) is 0.333. The molecule has 2 aromatic carbocycles. The summed E-state index contributed by atoms with van der Waals surface area (Å²) >= 11 is 0. The third-order valence-electron chi connectivity index (χ3n) is 4.96. The number of rotatable bonds is 3. The van der Waals surface area contributed by atoms with Gasteiger partial charge in [-0.2, -0.15) is 0 Å². The van der Waals surface area contributed by atoms with Gasteiger partial charge in [0.1, 0.15) is 11.3 Å². The van der Waals surface area contributed by atoms with Crippen molar-refractivity contribution in [1.82, 2.24) is 0 Å². The SMILES string of the molecule is C[C@H]1C[C@H](S(=O)(=O)c2ccccc2)[C@H](c2ccccc2)[N@@+]1(C)[O-]. The van der Waals surface area contributed by atoms with Gasteiger partial charge in [-0.3, -0.25) is 0 Å². The van der Waals surface area contributed by atoms with Crippen LogP contribution in [0.15, 0.2) is 65.6 Å². The fourth-order valence-corrected chi connectivity index (χ4v) is 5.68. The number of sulfone groups is 1. The van der Waals surface area contributed by atoms with Gasteiger partial charge >= 0.3 is 0 Å². The first-order valence-electron chi connectivity index (χ1n) is 7.76. The number of hydrogen-bond donors (Lipinski definition) is 0. The van der Waals surface area contributed by atoms with Gasteiger partial charge in [0.05, 0.1) is 18.0 Å². The Morgan fingerprint density at radius 3 is 2.09 bits per heavy atom. The molecule has 3 rings (SSSR count). The molecule has 4 atom stereocenters. The van der Waals surface area contributed by atoms with Crippen molar-refractivity contribution in [1.29, 1.82) is 0 Å². The highest BCUT2D eigenvalue weighted by Crippen LogP contribution is 2.45. The molecule has 0 saturated carbocycles. The molecule has 1 fully saturated rings. The lowest BCUT2D eigenvalue weighted by Crippen LogP contribution is -2.44. The predicted molar refractivity (Wildman–Crippen MR) is 90.2 cm³/mol. The van der Waals surface area contributed by atoms with Gasteiger partial charge in [-0.25, -0.2) is 8.42 Å². The summed E-state index contributed by atoms with van der Waals surface area (Å²) in [6.07, 6.45) is 0.372. The highest BCUT2D eigenvalue weighted by molar-refractivity contribution is 7.92. The van der Waals surface area contributed by atoms with Gasteiger partial charge in [-0.15, -0.1) is 0 Å². The normalized spacial score (nSPS) is 31.2. The summed E-state index contributed by atoms with van der Waals surface area (Å²) < 4.78 is 25.7. The van der Waals surface area contributed by atoms with Crippen LogP contribution in [-0.2, 0) is 9.84 Å². The lowest BCUT2D eigenvalue weighted by Gasteiger charge is -2.45. The fourth-order valence-electron chi connectivity index (χ4n) is 3.52. The molecular weight excluding hydrogens is 310 g/mol. The summed E-state index contributed by atoms with van der Waals surface area (Å²) in [4.78, 5) is 0.292. The van der Waals surface area contributed by atoms with Crippen molar-refractivity contribution >= 4 is 9.84 Å². The van der Waals surface area contributed by atoms with Crippen LogP contribution in [0.25, 0.3) is 0 Å². The first-order valence-corrected chi connectivity index (χ1v) is 9.30. The zero-order chi connectivity index (χ0) is 16.7. The molecule has 0 amide bonds. The van der Waals surface area contributed by atoms with E-state index in [4.69, 9.17) is 0 Å². The van der Waals surface area contributed by atoms with Crippen LogP contribution in [0.5, 0.6) is 0 Å². The van der Waals surface area contributed by atoms with Crippen molar-refractivity contribution in [2.75, 3.05) is 7.05 Å². The molecule has 0 spiro atoms. The number of hydrogen-bond acceptors (Lipinski definition) is 3. The van der Waals surface area contributed by atoms with Crippen molar-refractivity contribution < 1.29 is 13.1 Å². The van der Waals surface area contributed by atoms with Crippen molar-refractivity contribution in [2.45, 2.75) is 35.6 Å². The molecule has 0 aliphatic carbocycles. The molecule has 5 heteroatoms. The molecule has 0 N–H and O–H groups in total. The average Bonchev–Trinajstić information content (AvgIpc) is 2.80. The second kappa shape index (κ2) is 5.74. The Labute approximate surface area is 137 Å². The molecule has 122 valence electrons. The second-order valence-electron chi connectivity index (χ2n) is 6.40. The Balaban J connectivity index is 2.11. The lowest BCUT2D eigenvalue weighted by atomic mass is 10.0. The number of hydroxylamine groups is 3. The summed E-state index contributed by atoms with van der Waals surface area (Å²) in [6.45, 7) is 1.84. The third-order valence-corrected chi connectivity index (χ3v) is 7.14. The van der Waals surface area contributed by atoms with E-state index in [9.17, 15) is 13.6 Å². The van der Waals surface area contributed by atoms with Crippen LogP contribution in [-0.4, -0.2) is 31.4 Å².